The molecule has 0 radical (unpaired) electrons. The Morgan fingerprint density at radius 3 is 2.50 bits per heavy atom. The molecule has 0 saturated carbocycles. The maximum absolute atomic E-state index is 3.46. The quantitative estimate of drug-likeness (QED) is 0.459. The van der Waals surface area contributed by atoms with Gasteiger partial charge in [0.2, 0.25) is 0 Å². The second-order valence-corrected chi connectivity index (χ2v) is 3.37. The van der Waals surface area contributed by atoms with Crippen LogP contribution in [-0.4, -0.2) is 26.2 Å². The highest BCUT2D eigenvalue weighted by Gasteiger charge is 2.08. The monoisotopic (exact) mass is 168 g/mol. The molecule has 0 bridgehead atoms. The second kappa shape index (κ2) is 6.21. The molecule has 2 heteroatoms. The molecule has 0 fully saturated rings. The Morgan fingerprint density at radius 2 is 1.83 bits per heavy atom. The van der Waals surface area contributed by atoms with E-state index in [1.54, 1.807) is 0 Å². The van der Waals surface area contributed by atoms with Gasteiger partial charge >= 0.3 is 0 Å². The fraction of sp³-hybridized carbons (Fsp3) is 0.800. The molecule has 0 aromatic carbocycles. The summed E-state index contributed by atoms with van der Waals surface area (Å²) in [6.45, 7) is 6.59. The highest BCUT2D eigenvalue weighted by atomic mass is 14.9. The lowest BCUT2D eigenvalue weighted by Gasteiger charge is -2.10. The first-order valence-corrected chi connectivity index (χ1v) is 5.00. The van der Waals surface area contributed by atoms with Crippen LogP contribution in [0.1, 0.15) is 19.8 Å². The molecule has 0 amide bonds. The first-order chi connectivity index (χ1) is 5.93. The Morgan fingerprint density at radius 1 is 1.17 bits per heavy atom. The van der Waals surface area contributed by atoms with Crippen molar-refractivity contribution in [3.8, 4) is 0 Å². The van der Waals surface area contributed by atoms with Crippen LogP contribution >= 0.6 is 0 Å². The Bertz CT molecular complexity index is 124. The minimum atomic E-state index is 0.867. The zero-order valence-corrected chi connectivity index (χ0v) is 7.97. The normalized spacial score (nSPS) is 17.4. The van der Waals surface area contributed by atoms with Gasteiger partial charge in [0.15, 0.2) is 0 Å². The van der Waals surface area contributed by atoms with Crippen molar-refractivity contribution in [2.24, 2.45) is 5.92 Å². The number of hydrogen-bond acceptors (Lipinski definition) is 2. The van der Waals surface area contributed by atoms with Crippen LogP contribution in [0.3, 0.4) is 0 Å². The van der Waals surface area contributed by atoms with Crippen LogP contribution in [-0.2, 0) is 0 Å². The van der Waals surface area contributed by atoms with E-state index in [2.05, 4.69) is 29.7 Å². The molecule has 0 aromatic rings. The van der Waals surface area contributed by atoms with Crippen LogP contribution in [0, 0.1) is 5.92 Å². The molecule has 0 atom stereocenters. The Hall–Kier alpha value is -0.340. The largest absolute Gasteiger partial charge is 0.316 e. The average molecular weight is 168 g/mol. The van der Waals surface area contributed by atoms with Gasteiger partial charge in [-0.2, -0.15) is 0 Å². The van der Waals surface area contributed by atoms with E-state index < -0.39 is 0 Å². The third kappa shape index (κ3) is 3.88. The van der Waals surface area contributed by atoms with Gasteiger partial charge in [-0.15, -0.1) is 0 Å². The van der Waals surface area contributed by atoms with Gasteiger partial charge in [0.1, 0.15) is 0 Å². The highest BCUT2D eigenvalue weighted by Crippen LogP contribution is 2.15. The lowest BCUT2D eigenvalue weighted by atomic mass is 10.1. The fourth-order valence-electron chi connectivity index (χ4n) is 1.50. The fourth-order valence-corrected chi connectivity index (χ4v) is 1.50. The van der Waals surface area contributed by atoms with Crippen molar-refractivity contribution in [1.29, 1.82) is 0 Å². The summed E-state index contributed by atoms with van der Waals surface area (Å²) < 4.78 is 0. The van der Waals surface area contributed by atoms with Crippen LogP contribution in [0.25, 0.3) is 0 Å². The predicted octanol–water partition coefficient (Wildman–Crippen LogP) is 1.15. The average Bonchev–Trinajstić information content (AvgIpc) is 2.57. The molecule has 1 aliphatic carbocycles. The van der Waals surface area contributed by atoms with Crippen LogP contribution in [0.5, 0.6) is 0 Å². The highest BCUT2D eigenvalue weighted by molar-refractivity contribution is 4.94. The summed E-state index contributed by atoms with van der Waals surface area (Å²) in [7, 11) is 0. The van der Waals surface area contributed by atoms with Crippen LogP contribution in [0.15, 0.2) is 12.2 Å². The molecule has 1 aliphatic rings. The molecule has 0 heterocycles. The van der Waals surface area contributed by atoms with E-state index in [1.165, 1.54) is 19.4 Å². The molecule has 0 saturated heterocycles. The van der Waals surface area contributed by atoms with Crippen LogP contribution in [0.2, 0.25) is 0 Å². The summed E-state index contributed by atoms with van der Waals surface area (Å²) in [4.78, 5) is 0. The zero-order chi connectivity index (χ0) is 8.65. The number of rotatable bonds is 6. The minimum absolute atomic E-state index is 0.867. The van der Waals surface area contributed by atoms with Gasteiger partial charge < -0.3 is 10.6 Å². The van der Waals surface area contributed by atoms with Crippen LogP contribution in [0.4, 0.5) is 0 Å². The van der Waals surface area contributed by atoms with Crippen molar-refractivity contribution in [2.75, 3.05) is 26.2 Å². The number of hydrogen-bond donors (Lipinski definition) is 2. The van der Waals surface area contributed by atoms with Gasteiger partial charge in [0.25, 0.3) is 0 Å². The summed E-state index contributed by atoms with van der Waals surface area (Å²) >= 11 is 0. The molecular formula is C10H20N2. The SMILES string of the molecule is CCNCCNCC1CC=CC1. The lowest BCUT2D eigenvalue weighted by molar-refractivity contribution is 0.498. The van der Waals surface area contributed by atoms with E-state index in [4.69, 9.17) is 0 Å². The molecule has 2 nitrogen and oxygen atoms in total. The third-order valence-corrected chi connectivity index (χ3v) is 2.27. The molecule has 70 valence electrons. The van der Waals surface area contributed by atoms with Gasteiger partial charge in [0.05, 0.1) is 0 Å². The maximum atomic E-state index is 3.46. The van der Waals surface area contributed by atoms with Gasteiger partial charge in [-0.1, -0.05) is 19.1 Å². The van der Waals surface area contributed by atoms with Gasteiger partial charge in [-0.3, -0.25) is 0 Å². The Balaban J connectivity index is 1.82. The number of likely N-dealkylation sites (N-methyl/N-ethyl adjacent to an activating group) is 1. The molecular weight excluding hydrogens is 148 g/mol. The molecule has 12 heavy (non-hydrogen) atoms. The first kappa shape index (κ1) is 9.75. The second-order valence-electron chi connectivity index (χ2n) is 3.37. The van der Waals surface area contributed by atoms with Gasteiger partial charge in [0, 0.05) is 13.1 Å². The summed E-state index contributed by atoms with van der Waals surface area (Å²) in [5.74, 6) is 0.867. The molecule has 0 aliphatic heterocycles. The number of allylic oxidation sites excluding steroid dienone is 2. The van der Waals surface area contributed by atoms with E-state index in [0.717, 1.165) is 25.6 Å². The lowest BCUT2D eigenvalue weighted by Crippen LogP contribution is -2.30. The van der Waals surface area contributed by atoms with Crippen molar-refractivity contribution in [3.05, 3.63) is 12.2 Å². The standard InChI is InChI=1S/C10H20N2/c1-2-11-7-8-12-9-10-5-3-4-6-10/h3-4,10-12H,2,5-9H2,1H3. The molecule has 0 spiro atoms. The topological polar surface area (TPSA) is 24.1 Å². The Kier molecular flexibility index (Phi) is 5.04. The van der Waals surface area contributed by atoms with Crippen molar-refractivity contribution in [1.82, 2.24) is 10.6 Å². The predicted molar refractivity (Wildman–Crippen MR) is 53.3 cm³/mol. The van der Waals surface area contributed by atoms with Crippen molar-refractivity contribution < 1.29 is 0 Å². The minimum Gasteiger partial charge on any atom is -0.316 e. The van der Waals surface area contributed by atoms with E-state index in [1.807, 2.05) is 0 Å². The summed E-state index contributed by atoms with van der Waals surface area (Å²) in [5.41, 5.74) is 0. The van der Waals surface area contributed by atoms with Gasteiger partial charge in [-0.25, -0.2) is 0 Å². The third-order valence-electron chi connectivity index (χ3n) is 2.27. The molecule has 1 rings (SSSR count). The Labute approximate surface area is 75.4 Å². The van der Waals surface area contributed by atoms with Crippen molar-refractivity contribution in [2.45, 2.75) is 19.8 Å². The van der Waals surface area contributed by atoms with Crippen LogP contribution < -0.4 is 10.6 Å². The maximum Gasteiger partial charge on any atom is 0.00768 e. The molecule has 2 N–H and O–H groups in total. The zero-order valence-electron chi connectivity index (χ0n) is 7.97. The van der Waals surface area contributed by atoms with Crippen molar-refractivity contribution >= 4 is 0 Å². The smallest absolute Gasteiger partial charge is 0.00768 e. The summed E-state index contributed by atoms with van der Waals surface area (Å²) in [6.07, 6.45) is 7.12. The molecule has 0 aromatic heterocycles. The summed E-state index contributed by atoms with van der Waals surface area (Å²) in [5, 5.41) is 6.76. The molecule has 0 unspecified atom stereocenters. The summed E-state index contributed by atoms with van der Waals surface area (Å²) in [6, 6.07) is 0. The van der Waals surface area contributed by atoms with E-state index in [-0.39, 0.29) is 0 Å². The number of nitrogens with one attached hydrogen (secondary N) is 2. The van der Waals surface area contributed by atoms with Crippen molar-refractivity contribution in [3.63, 3.8) is 0 Å². The first-order valence-electron chi connectivity index (χ1n) is 5.00. The van der Waals surface area contributed by atoms with E-state index >= 15 is 0 Å². The van der Waals surface area contributed by atoms with Gasteiger partial charge in [-0.05, 0) is 31.8 Å². The van der Waals surface area contributed by atoms with E-state index in [0.29, 0.717) is 0 Å². The van der Waals surface area contributed by atoms with E-state index in [9.17, 15) is 0 Å².